The Balaban J connectivity index is 1.37. The molecule has 4 aromatic rings. The lowest BCUT2D eigenvalue weighted by molar-refractivity contribution is 0.162. The molecule has 0 saturated carbocycles. The van der Waals surface area contributed by atoms with Gasteiger partial charge >= 0.3 is 0 Å². The SMILES string of the molecule is N#Cc1cnc2c(Cl)cc(N[C@H](C3=CN(C4CCNCC4)NN3)c3ccsc3)cc2c1Nc1ccc(F)c(Cl)c1. The van der Waals surface area contributed by atoms with E-state index in [1.54, 1.807) is 17.4 Å². The van der Waals surface area contributed by atoms with E-state index in [-0.39, 0.29) is 11.1 Å². The van der Waals surface area contributed by atoms with Gasteiger partial charge in [-0.05, 0) is 78.7 Å². The third-order valence-electron chi connectivity index (χ3n) is 7.04. The number of nitriles is 1. The summed E-state index contributed by atoms with van der Waals surface area (Å²) < 4.78 is 13.8. The second kappa shape index (κ2) is 11.5. The van der Waals surface area contributed by atoms with Gasteiger partial charge in [0.2, 0.25) is 0 Å². The Hall–Kier alpha value is -3.59. The van der Waals surface area contributed by atoms with Crippen molar-refractivity contribution < 1.29 is 4.39 Å². The summed E-state index contributed by atoms with van der Waals surface area (Å²) in [6.45, 7) is 1.99. The van der Waals surface area contributed by atoms with Crippen molar-refractivity contribution in [1.82, 2.24) is 26.3 Å². The van der Waals surface area contributed by atoms with Crippen LogP contribution >= 0.6 is 34.5 Å². The molecular weight excluding hydrogens is 570 g/mol. The standard InChI is InChI=1S/C28H25Cl2FN8S/c29-22-10-18(1-2-24(22)31)35-26-17(12-32)13-34-28-21(26)9-19(11-23(28)30)36-27(16-5-8-40-15-16)25-14-39(38-37-25)20-3-6-33-7-4-20/h1-2,5,8-11,13-15,20,27,33,36-38H,3-4,6-7H2,(H,34,35)/t27-/m0/s1. The molecule has 2 aliphatic rings. The normalized spacial score (nSPS) is 16.4. The summed E-state index contributed by atoms with van der Waals surface area (Å²) in [6.07, 6.45) is 5.70. The molecule has 0 radical (unpaired) electrons. The number of hydrazine groups is 2. The summed E-state index contributed by atoms with van der Waals surface area (Å²) in [7, 11) is 0. The zero-order chi connectivity index (χ0) is 27.6. The third-order valence-corrected chi connectivity index (χ3v) is 8.32. The molecule has 12 heteroatoms. The summed E-state index contributed by atoms with van der Waals surface area (Å²) in [4.78, 5) is 4.44. The van der Waals surface area contributed by atoms with Crippen molar-refractivity contribution in [3.63, 3.8) is 0 Å². The topological polar surface area (TPSA) is 100 Å². The van der Waals surface area contributed by atoms with Crippen LogP contribution in [-0.2, 0) is 0 Å². The number of aromatic nitrogens is 1. The molecule has 2 aromatic heterocycles. The van der Waals surface area contributed by atoms with E-state index in [1.165, 1.54) is 18.3 Å². The van der Waals surface area contributed by atoms with Crippen LogP contribution in [0.1, 0.15) is 30.0 Å². The molecule has 0 bridgehead atoms. The maximum Gasteiger partial charge on any atom is 0.141 e. The average molecular weight is 596 g/mol. The summed E-state index contributed by atoms with van der Waals surface area (Å²) in [5, 5.41) is 27.4. The van der Waals surface area contributed by atoms with Crippen molar-refractivity contribution in [2.75, 3.05) is 23.7 Å². The zero-order valence-corrected chi connectivity index (χ0v) is 23.5. The number of rotatable bonds is 7. The Bertz CT molecular complexity index is 1620. The van der Waals surface area contributed by atoms with Crippen LogP contribution < -0.4 is 26.9 Å². The van der Waals surface area contributed by atoms with Crippen molar-refractivity contribution in [1.29, 1.82) is 5.26 Å². The van der Waals surface area contributed by atoms with E-state index in [0.29, 0.717) is 38.9 Å². The number of nitrogens with one attached hydrogen (secondary N) is 5. The van der Waals surface area contributed by atoms with Gasteiger partial charge in [-0.25, -0.2) is 4.39 Å². The van der Waals surface area contributed by atoms with Crippen LogP contribution in [0.25, 0.3) is 10.9 Å². The highest BCUT2D eigenvalue weighted by Gasteiger charge is 2.27. The Morgan fingerprint density at radius 2 is 1.95 bits per heavy atom. The van der Waals surface area contributed by atoms with Gasteiger partial charge in [0.1, 0.15) is 11.9 Å². The molecule has 0 amide bonds. The van der Waals surface area contributed by atoms with Gasteiger partial charge in [-0.15, -0.1) is 5.53 Å². The first kappa shape index (κ1) is 26.6. The van der Waals surface area contributed by atoms with E-state index < -0.39 is 5.82 Å². The van der Waals surface area contributed by atoms with Crippen LogP contribution in [0.3, 0.4) is 0 Å². The van der Waals surface area contributed by atoms with Gasteiger partial charge in [-0.2, -0.15) is 16.6 Å². The Labute approximate surface area is 244 Å². The van der Waals surface area contributed by atoms with E-state index in [0.717, 1.165) is 42.9 Å². The molecule has 1 atom stereocenters. The summed E-state index contributed by atoms with van der Waals surface area (Å²) in [5.41, 5.74) is 11.4. The average Bonchev–Trinajstić information content (AvgIpc) is 3.68. The largest absolute Gasteiger partial charge is 0.373 e. The molecule has 0 aliphatic carbocycles. The molecule has 1 saturated heterocycles. The molecule has 2 aromatic carbocycles. The molecule has 5 N–H and O–H groups in total. The molecule has 0 unspecified atom stereocenters. The van der Waals surface area contributed by atoms with Gasteiger partial charge in [0.05, 0.1) is 38.6 Å². The molecule has 1 fully saturated rings. The number of fused-ring (bicyclic) bond motifs is 1. The lowest BCUT2D eigenvalue weighted by Gasteiger charge is -2.30. The van der Waals surface area contributed by atoms with Crippen LogP contribution in [0.2, 0.25) is 10.0 Å². The number of thiophene rings is 1. The number of benzene rings is 2. The minimum Gasteiger partial charge on any atom is -0.373 e. The summed E-state index contributed by atoms with van der Waals surface area (Å²) in [5.74, 6) is -0.524. The highest BCUT2D eigenvalue weighted by molar-refractivity contribution is 7.08. The van der Waals surface area contributed by atoms with Gasteiger partial charge in [0.25, 0.3) is 0 Å². The number of hydrogen-bond acceptors (Lipinski definition) is 9. The molecule has 0 spiro atoms. The van der Waals surface area contributed by atoms with Crippen LogP contribution in [0, 0.1) is 17.1 Å². The van der Waals surface area contributed by atoms with E-state index in [4.69, 9.17) is 23.2 Å². The van der Waals surface area contributed by atoms with E-state index in [2.05, 4.69) is 60.6 Å². The fourth-order valence-electron chi connectivity index (χ4n) is 5.00. The number of piperidine rings is 1. The predicted molar refractivity (Wildman–Crippen MR) is 159 cm³/mol. The smallest absolute Gasteiger partial charge is 0.141 e. The zero-order valence-electron chi connectivity index (χ0n) is 21.1. The number of halogens is 3. The number of hydrogen-bond donors (Lipinski definition) is 5. The molecule has 4 heterocycles. The first-order valence-electron chi connectivity index (χ1n) is 12.8. The highest BCUT2D eigenvalue weighted by Crippen LogP contribution is 2.37. The highest BCUT2D eigenvalue weighted by atomic mass is 35.5. The van der Waals surface area contributed by atoms with Gasteiger partial charge < -0.3 is 21.4 Å². The summed E-state index contributed by atoms with van der Waals surface area (Å²) in [6, 6.07) is 12.5. The molecule has 2 aliphatic heterocycles. The molecule has 8 nitrogen and oxygen atoms in total. The number of anilines is 3. The Kier molecular flexibility index (Phi) is 7.65. The van der Waals surface area contributed by atoms with Crippen LogP contribution in [0.15, 0.2) is 65.3 Å². The first-order chi connectivity index (χ1) is 19.5. The van der Waals surface area contributed by atoms with Crippen molar-refractivity contribution in [3.8, 4) is 6.07 Å². The van der Waals surface area contributed by atoms with E-state index in [1.807, 2.05) is 17.5 Å². The van der Waals surface area contributed by atoms with Gasteiger partial charge in [0, 0.05) is 35.2 Å². The lowest BCUT2D eigenvalue weighted by Crippen LogP contribution is -2.47. The lowest BCUT2D eigenvalue weighted by atomic mass is 10.0. The second-order valence-corrected chi connectivity index (χ2v) is 11.2. The molecule has 40 heavy (non-hydrogen) atoms. The fraction of sp³-hybridized carbons (Fsp3) is 0.214. The quantitative estimate of drug-likeness (QED) is 0.167. The minimum absolute atomic E-state index is 0.0228. The van der Waals surface area contributed by atoms with Gasteiger partial charge in [-0.1, -0.05) is 23.2 Å². The minimum atomic E-state index is -0.524. The predicted octanol–water partition coefficient (Wildman–Crippen LogP) is 6.43. The van der Waals surface area contributed by atoms with Crippen molar-refractivity contribution >= 4 is 62.5 Å². The summed E-state index contributed by atoms with van der Waals surface area (Å²) >= 11 is 14.4. The Morgan fingerprint density at radius 3 is 2.70 bits per heavy atom. The van der Waals surface area contributed by atoms with E-state index in [9.17, 15) is 9.65 Å². The second-order valence-electron chi connectivity index (χ2n) is 9.61. The van der Waals surface area contributed by atoms with Crippen LogP contribution in [0.5, 0.6) is 0 Å². The van der Waals surface area contributed by atoms with E-state index >= 15 is 0 Å². The first-order valence-corrected chi connectivity index (χ1v) is 14.5. The van der Waals surface area contributed by atoms with Crippen molar-refractivity contribution in [3.05, 3.63) is 92.2 Å². The maximum atomic E-state index is 13.8. The fourth-order valence-corrected chi connectivity index (χ4v) is 6.13. The third kappa shape index (κ3) is 5.39. The molecule has 6 rings (SSSR count). The molecule has 204 valence electrons. The van der Waals surface area contributed by atoms with Gasteiger partial charge in [-0.3, -0.25) is 9.99 Å². The monoisotopic (exact) mass is 594 g/mol. The van der Waals surface area contributed by atoms with Crippen molar-refractivity contribution in [2.45, 2.75) is 24.9 Å². The van der Waals surface area contributed by atoms with Crippen LogP contribution in [0.4, 0.5) is 21.5 Å². The van der Waals surface area contributed by atoms with Crippen LogP contribution in [-0.4, -0.2) is 29.1 Å². The molecular formula is C28H25Cl2FN8S. The Morgan fingerprint density at radius 1 is 1.12 bits per heavy atom. The van der Waals surface area contributed by atoms with Gasteiger partial charge in [0.15, 0.2) is 0 Å². The van der Waals surface area contributed by atoms with Crippen molar-refractivity contribution in [2.24, 2.45) is 0 Å². The maximum absolute atomic E-state index is 13.8. The number of nitrogens with zero attached hydrogens (tertiary/aromatic N) is 3. The number of pyridine rings is 1.